The van der Waals surface area contributed by atoms with Crippen LogP contribution in [0.3, 0.4) is 0 Å². The molecule has 0 aliphatic carbocycles. The van der Waals surface area contributed by atoms with Crippen molar-refractivity contribution in [3.05, 3.63) is 24.0 Å². The van der Waals surface area contributed by atoms with Crippen molar-refractivity contribution < 1.29 is 5.11 Å². The van der Waals surface area contributed by atoms with Crippen molar-refractivity contribution in [3.63, 3.8) is 0 Å². The Hall–Kier alpha value is -1.09. The fraction of sp³-hybridized carbons (Fsp3) is 0.688. The van der Waals surface area contributed by atoms with Crippen LogP contribution in [0.25, 0.3) is 0 Å². The van der Waals surface area contributed by atoms with E-state index in [9.17, 15) is 5.11 Å². The zero-order chi connectivity index (χ0) is 14.4. The van der Waals surface area contributed by atoms with Gasteiger partial charge < -0.3 is 10.0 Å². The van der Waals surface area contributed by atoms with Gasteiger partial charge in [0.15, 0.2) is 0 Å². The Morgan fingerprint density at radius 1 is 1.11 bits per heavy atom. The summed E-state index contributed by atoms with van der Waals surface area (Å²) in [5.41, 5.74) is 1.91. The van der Waals surface area contributed by atoms with E-state index in [4.69, 9.17) is 0 Å². The van der Waals surface area contributed by atoms with Crippen molar-refractivity contribution in [2.24, 2.45) is 11.8 Å². The molecule has 0 saturated carbocycles. The Balaban J connectivity index is 2.84. The van der Waals surface area contributed by atoms with Gasteiger partial charge in [-0.1, -0.05) is 34.6 Å². The highest BCUT2D eigenvalue weighted by Crippen LogP contribution is 2.20. The molecule has 108 valence electrons. The summed E-state index contributed by atoms with van der Waals surface area (Å²) >= 11 is 0. The third-order valence-corrected chi connectivity index (χ3v) is 3.04. The molecule has 1 atom stereocenters. The zero-order valence-electron chi connectivity index (χ0n) is 12.9. The first-order chi connectivity index (χ1) is 8.93. The van der Waals surface area contributed by atoms with Gasteiger partial charge in [-0.05, 0) is 30.4 Å². The van der Waals surface area contributed by atoms with Gasteiger partial charge in [0.25, 0.3) is 0 Å². The zero-order valence-corrected chi connectivity index (χ0v) is 12.9. The number of rotatable bonds is 7. The first kappa shape index (κ1) is 16.0. The van der Waals surface area contributed by atoms with Gasteiger partial charge >= 0.3 is 0 Å². The number of hydrogen-bond donors (Lipinski definition) is 1. The minimum atomic E-state index is -0.447. The molecule has 1 rings (SSSR count). The summed E-state index contributed by atoms with van der Waals surface area (Å²) in [7, 11) is 0. The molecule has 1 aromatic rings. The van der Waals surface area contributed by atoms with Gasteiger partial charge in [0.2, 0.25) is 0 Å². The van der Waals surface area contributed by atoms with E-state index in [-0.39, 0.29) is 0 Å². The molecule has 0 aliphatic rings. The van der Waals surface area contributed by atoms with Crippen LogP contribution in [0.4, 0.5) is 5.69 Å². The highest BCUT2D eigenvalue weighted by atomic mass is 16.3. The van der Waals surface area contributed by atoms with Crippen LogP contribution >= 0.6 is 0 Å². The van der Waals surface area contributed by atoms with Crippen molar-refractivity contribution in [1.29, 1.82) is 0 Å². The highest BCUT2D eigenvalue weighted by molar-refractivity contribution is 5.44. The number of hydrogen-bond acceptors (Lipinski definition) is 3. The van der Waals surface area contributed by atoms with Crippen LogP contribution in [-0.2, 0) is 0 Å². The van der Waals surface area contributed by atoms with Crippen molar-refractivity contribution in [3.8, 4) is 0 Å². The molecular weight excluding hydrogens is 236 g/mol. The summed E-state index contributed by atoms with van der Waals surface area (Å²) in [5, 5.41) is 9.77. The van der Waals surface area contributed by atoms with E-state index in [0.717, 1.165) is 24.5 Å². The Morgan fingerprint density at radius 3 is 2.05 bits per heavy atom. The van der Waals surface area contributed by atoms with Gasteiger partial charge in [0, 0.05) is 13.1 Å². The van der Waals surface area contributed by atoms with E-state index in [1.807, 2.05) is 19.2 Å². The first-order valence-corrected chi connectivity index (χ1v) is 7.33. The molecule has 0 saturated heterocycles. The summed E-state index contributed by atoms with van der Waals surface area (Å²) < 4.78 is 0. The Bertz CT molecular complexity index is 350. The molecule has 0 aliphatic heterocycles. The predicted molar refractivity (Wildman–Crippen MR) is 81.4 cm³/mol. The van der Waals surface area contributed by atoms with Gasteiger partial charge in [0.1, 0.15) is 0 Å². The second kappa shape index (κ2) is 7.49. The molecule has 0 radical (unpaired) electrons. The molecule has 0 bridgehead atoms. The number of nitrogens with zero attached hydrogens (tertiary/aromatic N) is 2. The van der Waals surface area contributed by atoms with Gasteiger partial charge in [-0.2, -0.15) is 0 Å². The van der Waals surface area contributed by atoms with E-state index in [1.165, 1.54) is 0 Å². The van der Waals surface area contributed by atoms with E-state index < -0.39 is 6.10 Å². The van der Waals surface area contributed by atoms with Crippen molar-refractivity contribution in [1.82, 2.24) is 4.98 Å². The van der Waals surface area contributed by atoms with Crippen LogP contribution < -0.4 is 4.90 Å². The molecule has 19 heavy (non-hydrogen) atoms. The summed E-state index contributed by atoms with van der Waals surface area (Å²) in [5.74, 6) is 1.25. The van der Waals surface area contributed by atoms with Gasteiger partial charge in [0.05, 0.1) is 23.7 Å². The third kappa shape index (κ3) is 5.19. The molecule has 0 unspecified atom stereocenters. The lowest BCUT2D eigenvalue weighted by molar-refractivity contribution is 0.169. The number of aliphatic hydroxyl groups is 1. The normalized spacial score (nSPS) is 13.1. The van der Waals surface area contributed by atoms with Crippen LogP contribution in [0.5, 0.6) is 0 Å². The summed E-state index contributed by atoms with van der Waals surface area (Å²) in [6.45, 7) is 13.0. The molecular formula is C16H28N2O. The second-order valence-electron chi connectivity index (χ2n) is 6.06. The van der Waals surface area contributed by atoms with Crippen molar-refractivity contribution in [2.45, 2.75) is 47.1 Å². The van der Waals surface area contributed by atoms with E-state index in [0.29, 0.717) is 18.3 Å². The molecule has 1 N–H and O–H groups in total. The maximum Gasteiger partial charge on any atom is 0.0957 e. The fourth-order valence-corrected chi connectivity index (χ4v) is 2.16. The lowest BCUT2D eigenvalue weighted by Gasteiger charge is -2.28. The molecule has 0 amide bonds. The maximum absolute atomic E-state index is 9.77. The number of anilines is 1. The maximum atomic E-state index is 9.77. The van der Waals surface area contributed by atoms with E-state index in [2.05, 4.69) is 43.6 Å². The Labute approximate surface area is 117 Å². The minimum Gasteiger partial charge on any atom is -0.387 e. The van der Waals surface area contributed by atoms with Crippen LogP contribution in [0.15, 0.2) is 18.3 Å². The SMILES string of the molecule is CC[C@H](O)c1ccc(N(CC(C)C)CC(C)C)cn1. The fourth-order valence-electron chi connectivity index (χ4n) is 2.16. The molecule has 0 spiro atoms. The average molecular weight is 264 g/mol. The smallest absolute Gasteiger partial charge is 0.0957 e. The largest absolute Gasteiger partial charge is 0.387 e. The minimum absolute atomic E-state index is 0.447. The number of aromatic nitrogens is 1. The first-order valence-electron chi connectivity index (χ1n) is 7.33. The predicted octanol–water partition coefficient (Wildman–Crippen LogP) is 3.64. The molecule has 1 heterocycles. The quantitative estimate of drug-likeness (QED) is 0.816. The molecule has 3 heteroatoms. The average Bonchev–Trinajstić information content (AvgIpc) is 2.36. The highest BCUT2D eigenvalue weighted by Gasteiger charge is 2.12. The topological polar surface area (TPSA) is 36.4 Å². The van der Waals surface area contributed by atoms with Crippen molar-refractivity contribution >= 4 is 5.69 Å². The number of pyridine rings is 1. The van der Waals surface area contributed by atoms with Crippen molar-refractivity contribution in [2.75, 3.05) is 18.0 Å². The summed E-state index contributed by atoms with van der Waals surface area (Å²) in [6, 6.07) is 4.02. The molecule has 0 fully saturated rings. The standard InChI is InChI=1S/C16H28N2O/c1-6-16(19)15-8-7-14(9-17-15)18(10-12(2)3)11-13(4)5/h7-9,12-13,16,19H,6,10-11H2,1-5H3/t16-/m0/s1. The Kier molecular flexibility index (Phi) is 6.29. The molecule has 3 nitrogen and oxygen atoms in total. The van der Waals surface area contributed by atoms with Gasteiger partial charge in [-0.15, -0.1) is 0 Å². The lowest BCUT2D eigenvalue weighted by Crippen LogP contribution is -2.31. The molecule has 1 aromatic heterocycles. The van der Waals surface area contributed by atoms with Crippen LogP contribution in [0, 0.1) is 11.8 Å². The van der Waals surface area contributed by atoms with E-state index in [1.54, 1.807) is 0 Å². The monoisotopic (exact) mass is 264 g/mol. The Morgan fingerprint density at radius 2 is 1.68 bits per heavy atom. The van der Waals surface area contributed by atoms with Crippen LogP contribution in [0.1, 0.15) is 52.8 Å². The molecule has 0 aromatic carbocycles. The van der Waals surface area contributed by atoms with Gasteiger partial charge in [-0.25, -0.2) is 0 Å². The third-order valence-electron chi connectivity index (χ3n) is 3.04. The number of aliphatic hydroxyl groups excluding tert-OH is 1. The second-order valence-corrected chi connectivity index (χ2v) is 6.06. The van der Waals surface area contributed by atoms with Crippen LogP contribution in [0.2, 0.25) is 0 Å². The van der Waals surface area contributed by atoms with Gasteiger partial charge in [-0.3, -0.25) is 4.98 Å². The van der Waals surface area contributed by atoms with Crippen LogP contribution in [-0.4, -0.2) is 23.2 Å². The summed E-state index contributed by atoms with van der Waals surface area (Å²) in [6.07, 6.45) is 2.14. The lowest BCUT2D eigenvalue weighted by atomic mass is 10.1. The summed E-state index contributed by atoms with van der Waals surface area (Å²) in [4.78, 5) is 6.77. The van der Waals surface area contributed by atoms with E-state index >= 15 is 0 Å².